The molecule has 2 aromatic carbocycles. The monoisotopic (exact) mass is 335 g/mol. The van der Waals surface area contributed by atoms with Crippen molar-refractivity contribution in [2.24, 2.45) is 0 Å². The van der Waals surface area contributed by atoms with Gasteiger partial charge in [0.25, 0.3) is 0 Å². The minimum Gasteiger partial charge on any atom is -0.384 e. The second kappa shape index (κ2) is 6.85. The first kappa shape index (κ1) is 17.4. The standard InChI is InChI=1S/C22H25NO2/c1-4-10-19(24)20-17-13-8-9-14-18(17)23(21(20)22(2,3)25)15-16-11-6-5-7-12-16/h5-9,11-14,25H,4,10,15H2,1-3H3. The normalized spacial score (nSPS) is 11.8. The molecule has 0 atom stereocenters. The van der Waals surface area contributed by atoms with Crippen LogP contribution < -0.4 is 0 Å². The van der Waals surface area contributed by atoms with Gasteiger partial charge in [0.1, 0.15) is 0 Å². The molecule has 1 aromatic heterocycles. The molecular formula is C22H25NO2. The van der Waals surface area contributed by atoms with E-state index in [0.717, 1.165) is 22.9 Å². The topological polar surface area (TPSA) is 42.2 Å². The Kier molecular flexibility index (Phi) is 4.78. The maximum Gasteiger partial charge on any atom is 0.165 e. The Balaban J connectivity index is 2.29. The number of para-hydroxylation sites is 1. The van der Waals surface area contributed by atoms with Crippen LogP contribution in [-0.4, -0.2) is 15.5 Å². The van der Waals surface area contributed by atoms with Gasteiger partial charge in [-0.25, -0.2) is 0 Å². The van der Waals surface area contributed by atoms with Gasteiger partial charge in [-0.2, -0.15) is 0 Å². The Labute approximate surface area is 148 Å². The summed E-state index contributed by atoms with van der Waals surface area (Å²) >= 11 is 0. The highest BCUT2D eigenvalue weighted by Gasteiger charge is 2.31. The van der Waals surface area contributed by atoms with Gasteiger partial charge in [-0.15, -0.1) is 0 Å². The van der Waals surface area contributed by atoms with Crippen molar-refractivity contribution in [2.45, 2.75) is 45.8 Å². The number of nitrogens with zero attached hydrogens (tertiary/aromatic N) is 1. The Bertz CT molecular complexity index is 886. The number of carbonyl (C=O) groups excluding carboxylic acids is 1. The zero-order valence-corrected chi connectivity index (χ0v) is 15.1. The summed E-state index contributed by atoms with van der Waals surface area (Å²) in [6.45, 7) is 6.14. The number of ketones is 1. The number of benzene rings is 2. The van der Waals surface area contributed by atoms with E-state index in [1.807, 2.05) is 49.4 Å². The highest BCUT2D eigenvalue weighted by atomic mass is 16.3. The first-order valence-electron chi connectivity index (χ1n) is 8.84. The number of carbonyl (C=O) groups is 1. The predicted molar refractivity (Wildman–Crippen MR) is 102 cm³/mol. The third-order valence-corrected chi connectivity index (χ3v) is 4.49. The Morgan fingerprint density at radius 1 is 1.04 bits per heavy atom. The molecule has 1 N–H and O–H groups in total. The van der Waals surface area contributed by atoms with Crippen LogP contribution in [0.25, 0.3) is 10.9 Å². The summed E-state index contributed by atoms with van der Waals surface area (Å²) in [5.41, 5.74) is 2.40. The van der Waals surface area contributed by atoms with Crippen LogP contribution in [0.4, 0.5) is 0 Å². The molecule has 0 bridgehead atoms. The van der Waals surface area contributed by atoms with Crippen molar-refractivity contribution in [3.8, 4) is 0 Å². The molecule has 3 aromatic rings. The van der Waals surface area contributed by atoms with Crippen LogP contribution in [0.15, 0.2) is 54.6 Å². The first-order valence-corrected chi connectivity index (χ1v) is 8.84. The van der Waals surface area contributed by atoms with E-state index in [9.17, 15) is 9.90 Å². The van der Waals surface area contributed by atoms with Crippen molar-refractivity contribution in [3.63, 3.8) is 0 Å². The highest BCUT2D eigenvalue weighted by molar-refractivity contribution is 6.09. The fourth-order valence-electron chi connectivity index (χ4n) is 3.50. The molecule has 0 amide bonds. The third kappa shape index (κ3) is 3.38. The molecule has 0 spiro atoms. The summed E-state index contributed by atoms with van der Waals surface area (Å²) < 4.78 is 2.09. The fourth-order valence-corrected chi connectivity index (χ4v) is 3.50. The average molecular weight is 335 g/mol. The average Bonchev–Trinajstić information content (AvgIpc) is 2.91. The molecule has 0 saturated carbocycles. The van der Waals surface area contributed by atoms with Gasteiger partial charge in [-0.05, 0) is 31.9 Å². The van der Waals surface area contributed by atoms with Crippen LogP contribution in [-0.2, 0) is 12.1 Å². The number of aliphatic hydroxyl groups is 1. The lowest BCUT2D eigenvalue weighted by Crippen LogP contribution is -2.24. The van der Waals surface area contributed by atoms with E-state index in [1.165, 1.54) is 0 Å². The summed E-state index contributed by atoms with van der Waals surface area (Å²) in [6.07, 6.45) is 1.28. The van der Waals surface area contributed by atoms with Crippen LogP contribution in [0.3, 0.4) is 0 Å². The fraction of sp³-hybridized carbons (Fsp3) is 0.318. The maximum absolute atomic E-state index is 12.9. The minimum atomic E-state index is -1.10. The zero-order chi connectivity index (χ0) is 18.0. The number of aromatic nitrogens is 1. The quantitative estimate of drug-likeness (QED) is 0.651. The van der Waals surface area contributed by atoms with Crippen LogP contribution in [0, 0.1) is 0 Å². The van der Waals surface area contributed by atoms with E-state index < -0.39 is 5.60 Å². The summed E-state index contributed by atoms with van der Waals surface area (Å²) in [5.74, 6) is 0.0997. The Morgan fingerprint density at radius 2 is 1.68 bits per heavy atom. The SMILES string of the molecule is CCCC(=O)c1c(C(C)(C)O)n(Cc2ccccc2)c2ccccc12. The van der Waals surface area contributed by atoms with Crippen LogP contribution in [0.1, 0.15) is 55.2 Å². The Hall–Kier alpha value is -2.39. The molecule has 0 unspecified atom stereocenters. The van der Waals surface area contributed by atoms with Gasteiger partial charge in [0.05, 0.1) is 11.3 Å². The molecule has 3 nitrogen and oxygen atoms in total. The largest absolute Gasteiger partial charge is 0.384 e. The summed E-state index contributed by atoms with van der Waals surface area (Å²) in [6, 6.07) is 18.1. The summed E-state index contributed by atoms with van der Waals surface area (Å²) in [7, 11) is 0. The van der Waals surface area contributed by atoms with E-state index in [2.05, 4.69) is 16.7 Å². The molecule has 0 fully saturated rings. The van der Waals surface area contributed by atoms with E-state index in [0.29, 0.717) is 24.2 Å². The molecule has 0 aliphatic heterocycles. The van der Waals surface area contributed by atoms with Crippen molar-refractivity contribution in [1.29, 1.82) is 0 Å². The van der Waals surface area contributed by atoms with Gasteiger partial charge in [0, 0.05) is 29.4 Å². The maximum atomic E-state index is 12.9. The van der Waals surface area contributed by atoms with Gasteiger partial charge < -0.3 is 9.67 Å². The van der Waals surface area contributed by atoms with Gasteiger partial charge in [-0.3, -0.25) is 4.79 Å². The smallest absolute Gasteiger partial charge is 0.165 e. The number of fused-ring (bicyclic) bond motifs is 1. The third-order valence-electron chi connectivity index (χ3n) is 4.49. The van der Waals surface area contributed by atoms with Crippen molar-refractivity contribution < 1.29 is 9.90 Å². The molecule has 3 rings (SSSR count). The van der Waals surface area contributed by atoms with Crippen molar-refractivity contribution in [2.75, 3.05) is 0 Å². The molecule has 25 heavy (non-hydrogen) atoms. The van der Waals surface area contributed by atoms with Gasteiger partial charge in [-0.1, -0.05) is 55.5 Å². The molecule has 0 radical (unpaired) electrons. The second-order valence-electron chi connectivity index (χ2n) is 7.04. The number of rotatable bonds is 6. The molecule has 3 heteroatoms. The van der Waals surface area contributed by atoms with E-state index in [-0.39, 0.29) is 5.78 Å². The lowest BCUT2D eigenvalue weighted by Gasteiger charge is -2.23. The second-order valence-corrected chi connectivity index (χ2v) is 7.04. The lowest BCUT2D eigenvalue weighted by molar-refractivity contribution is 0.0679. The van der Waals surface area contributed by atoms with Crippen molar-refractivity contribution in [1.82, 2.24) is 4.57 Å². The van der Waals surface area contributed by atoms with E-state index in [1.54, 1.807) is 13.8 Å². The van der Waals surface area contributed by atoms with Gasteiger partial charge >= 0.3 is 0 Å². The highest BCUT2D eigenvalue weighted by Crippen LogP contribution is 2.35. The van der Waals surface area contributed by atoms with Crippen LogP contribution in [0.5, 0.6) is 0 Å². The molecule has 0 aliphatic carbocycles. The Morgan fingerprint density at radius 3 is 2.32 bits per heavy atom. The summed E-state index contributed by atoms with van der Waals surface area (Å²) in [4.78, 5) is 12.9. The van der Waals surface area contributed by atoms with Crippen molar-refractivity contribution in [3.05, 3.63) is 71.4 Å². The molecule has 1 heterocycles. The van der Waals surface area contributed by atoms with Crippen LogP contribution >= 0.6 is 0 Å². The minimum absolute atomic E-state index is 0.0997. The number of Topliss-reactive ketones (excluding diaryl/α,β-unsaturated/α-hetero) is 1. The molecule has 0 saturated heterocycles. The van der Waals surface area contributed by atoms with Gasteiger partial charge in [0.15, 0.2) is 5.78 Å². The number of hydrogen-bond acceptors (Lipinski definition) is 2. The molecule has 130 valence electrons. The molecular weight excluding hydrogens is 310 g/mol. The lowest BCUT2D eigenvalue weighted by atomic mass is 9.95. The van der Waals surface area contributed by atoms with Gasteiger partial charge in [0.2, 0.25) is 0 Å². The first-order chi connectivity index (χ1) is 11.9. The zero-order valence-electron chi connectivity index (χ0n) is 15.1. The molecule has 0 aliphatic rings. The predicted octanol–water partition coefficient (Wildman–Crippen LogP) is 4.90. The van der Waals surface area contributed by atoms with Crippen LogP contribution in [0.2, 0.25) is 0 Å². The summed E-state index contributed by atoms with van der Waals surface area (Å²) in [5, 5.41) is 11.8. The van der Waals surface area contributed by atoms with E-state index in [4.69, 9.17) is 0 Å². The van der Waals surface area contributed by atoms with E-state index >= 15 is 0 Å². The van der Waals surface area contributed by atoms with Crippen molar-refractivity contribution >= 4 is 16.7 Å². The number of hydrogen-bond donors (Lipinski definition) is 1.